The molecule has 19 heteroatoms. The molecule has 0 aliphatic carbocycles. The summed E-state index contributed by atoms with van der Waals surface area (Å²) >= 11 is 0.714. The van der Waals surface area contributed by atoms with E-state index < -0.39 is 43.2 Å². The molecule has 0 bridgehead atoms. The lowest BCUT2D eigenvalue weighted by Gasteiger charge is -2.25. The van der Waals surface area contributed by atoms with Gasteiger partial charge in [-0.2, -0.15) is 13.2 Å². The Bertz CT molecular complexity index is 2270. The molecule has 4 aromatic heterocycles. The summed E-state index contributed by atoms with van der Waals surface area (Å²) in [7, 11) is -4.60. The lowest BCUT2D eigenvalue weighted by molar-refractivity contribution is -0.140. The number of benzene rings is 1. The number of carbonyl (C=O) groups excluding carboxylic acids is 2. The minimum Gasteiger partial charge on any atom is -0.462 e. The lowest BCUT2D eigenvalue weighted by atomic mass is 10.0. The molecule has 2 unspecified atom stereocenters. The zero-order valence-corrected chi connectivity index (χ0v) is 31.8. The van der Waals surface area contributed by atoms with Gasteiger partial charge in [0.1, 0.15) is 22.0 Å². The van der Waals surface area contributed by atoms with Crippen LogP contribution in [-0.4, -0.2) is 56.2 Å². The molecule has 3 N–H and O–H groups in total. The number of fused-ring (bicyclic) bond motifs is 1. The Morgan fingerprint density at radius 2 is 1.80 bits per heavy atom. The molecule has 4 heterocycles. The second-order valence-electron chi connectivity index (χ2n) is 12.5. The molecule has 0 saturated heterocycles. The van der Waals surface area contributed by atoms with Crippen molar-refractivity contribution >= 4 is 48.0 Å². The van der Waals surface area contributed by atoms with Crippen molar-refractivity contribution < 1.29 is 46.0 Å². The molecule has 2 amide bonds. The smallest absolute Gasteiger partial charge is 0.462 e. The van der Waals surface area contributed by atoms with E-state index in [4.69, 9.17) is 13.8 Å². The van der Waals surface area contributed by atoms with E-state index in [2.05, 4.69) is 25.6 Å². The largest absolute Gasteiger partial charge is 0.472 e. The predicted molar refractivity (Wildman–Crippen MR) is 199 cm³/mol. The fraction of sp³-hybridized carbons (Fsp3) is 0.333. The number of esters is 1. The van der Waals surface area contributed by atoms with Crippen LogP contribution < -0.4 is 16.1 Å². The lowest BCUT2D eigenvalue weighted by Crippen LogP contribution is -2.28. The van der Waals surface area contributed by atoms with Crippen molar-refractivity contribution in [1.29, 1.82) is 0 Å². The van der Waals surface area contributed by atoms with Gasteiger partial charge in [0, 0.05) is 47.2 Å². The number of thiazole rings is 1. The third kappa shape index (κ3) is 10.4. The van der Waals surface area contributed by atoms with Crippen LogP contribution in [0.4, 0.5) is 23.8 Å². The first-order valence-electron chi connectivity index (χ1n) is 17.1. The Labute approximate surface area is 317 Å². The summed E-state index contributed by atoms with van der Waals surface area (Å²) in [6.07, 6.45) is -0.460. The van der Waals surface area contributed by atoms with Crippen LogP contribution in [0.2, 0.25) is 0 Å². The Balaban J connectivity index is 1.62. The second-order valence-corrected chi connectivity index (χ2v) is 14.8. The number of phosphoric ester groups is 1. The summed E-state index contributed by atoms with van der Waals surface area (Å²) in [5.74, 6) is -0.932. The van der Waals surface area contributed by atoms with Crippen molar-refractivity contribution in [1.82, 2.24) is 24.8 Å². The standard InChI is InChI=1S/C36H38F3N6O8PS/c1-5-40-35(48)44-30-14-25(33-43-29(20-55-33)36(37,38)39)27(16-41-30)23-13-26-31(46)28(34(47)51-6-2)17-45(32(26)42-15-23)24(12-21(3)4)19-53-54(49,50)52-18-22-10-8-7-9-11-22/h7-11,13-17,20-21,24H,5-6,12,18-19H2,1-4H3,(H,49,50)(H2,40,41,44,48). The van der Waals surface area contributed by atoms with Crippen LogP contribution in [-0.2, 0) is 31.1 Å². The van der Waals surface area contributed by atoms with Crippen LogP contribution in [0.15, 0.2) is 71.2 Å². The van der Waals surface area contributed by atoms with Gasteiger partial charge in [0.2, 0.25) is 5.43 Å². The molecule has 14 nitrogen and oxygen atoms in total. The number of alkyl halides is 3. The first-order valence-corrected chi connectivity index (χ1v) is 19.4. The zero-order chi connectivity index (χ0) is 39.9. The molecule has 0 aliphatic heterocycles. The van der Waals surface area contributed by atoms with Gasteiger partial charge in [-0.25, -0.2) is 29.1 Å². The van der Waals surface area contributed by atoms with Crippen molar-refractivity contribution in [2.75, 3.05) is 25.1 Å². The van der Waals surface area contributed by atoms with E-state index >= 15 is 0 Å². The van der Waals surface area contributed by atoms with Gasteiger partial charge in [0.15, 0.2) is 5.69 Å². The number of anilines is 1. The number of nitrogens with one attached hydrogen (secondary N) is 2. The summed E-state index contributed by atoms with van der Waals surface area (Å²) in [6, 6.07) is 10.1. The summed E-state index contributed by atoms with van der Waals surface area (Å²) in [4.78, 5) is 62.6. The highest BCUT2D eigenvalue weighted by atomic mass is 32.1. The van der Waals surface area contributed by atoms with Gasteiger partial charge in [-0.1, -0.05) is 44.2 Å². The molecule has 5 rings (SSSR count). The SMILES string of the molecule is CCNC(=O)Nc1cc(-c2nc(C(F)(F)F)cs2)c(-c2cnc3c(c2)c(=O)c(C(=O)OCC)cn3C(COP(=O)(O)OCc2ccccc2)CC(C)C)cn1. The second kappa shape index (κ2) is 17.6. The molecule has 1 aromatic carbocycles. The van der Waals surface area contributed by atoms with E-state index in [1.165, 1.54) is 35.3 Å². The fourth-order valence-corrected chi connectivity index (χ4v) is 7.15. The summed E-state index contributed by atoms with van der Waals surface area (Å²) < 4.78 is 71.1. The monoisotopic (exact) mass is 802 g/mol. The number of aromatic nitrogens is 4. The number of carbonyl (C=O) groups is 2. The van der Waals surface area contributed by atoms with Gasteiger partial charge in [0.25, 0.3) is 0 Å². The molecule has 55 heavy (non-hydrogen) atoms. The van der Waals surface area contributed by atoms with E-state index in [0.29, 0.717) is 29.9 Å². The average Bonchev–Trinajstić information content (AvgIpc) is 3.65. The first kappa shape index (κ1) is 41.2. The van der Waals surface area contributed by atoms with Crippen LogP contribution in [0.1, 0.15) is 61.8 Å². The molecule has 0 saturated carbocycles. The number of pyridine rings is 3. The minimum absolute atomic E-state index is 0.0135. The number of hydrogen-bond acceptors (Lipinski definition) is 11. The molecule has 0 fully saturated rings. The molecule has 5 aromatic rings. The molecular formula is C36H38F3N6O8PS. The number of amides is 2. The van der Waals surface area contributed by atoms with Crippen molar-refractivity contribution in [2.45, 2.75) is 52.9 Å². The Morgan fingerprint density at radius 3 is 2.45 bits per heavy atom. The highest BCUT2D eigenvalue weighted by Gasteiger charge is 2.34. The van der Waals surface area contributed by atoms with Crippen molar-refractivity contribution in [3.8, 4) is 21.7 Å². The Hall–Kier alpha value is -5.00. The summed E-state index contributed by atoms with van der Waals surface area (Å²) in [6.45, 7) is 6.77. The molecule has 0 radical (unpaired) electrons. The third-order valence-corrected chi connectivity index (χ3v) is 9.79. The number of phosphoric acid groups is 1. The van der Waals surface area contributed by atoms with Gasteiger partial charge in [-0.15, -0.1) is 11.3 Å². The van der Waals surface area contributed by atoms with Gasteiger partial charge >= 0.3 is 26.0 Å². The van der Waals surface area contributed by atoms with Gasteiger partial charge < -0.3 is 19.5 Å². The first-order chi connectivity index (χ1) is 26.1. The van der Waals surface area contributed by atoms with Gasteiger partial charge in [-0.3, -0.25) is 19.2 Å². The third-order valence-electron chi connectivity index (χ3n) is 7.99. The number of halogens is 3. The van der Waals surface area contributed by atoms with E-state index in [0.717, 1.165) is 5.38 Å². The topological polar surface area (TPSA) is 184 Å². The fourth-order valence-electron chi connectivity index (χ4n) is 5.55. The van der Waals surface area contributed by atoms with Crippen molar-refractivity contribution in [2.24, 2.45) is 5.92 Å². The quantitative estimate of drug-likeness (QED) is 0.0692. The number of urea groups is 1. The maximum atomic E-state index is 14.0. The van der Waals surface area contributed by atoms with Crippen LogP contribution in [0.5, 0.6) is 0 Å². The number of ether oxygens (including phenoxy) is 1. The van der Waals surface area contributed by atoms with Crippen LogP contribution in [0.25, 0.3) is 32.7 Å². The minimum atomic E-state index is -4.73. The van der Waals surface area contributed by atoms with Gasteiger partial charge in [0.05, 0.1) is 31.2 Å². The van der Waals surface area contributed by atoms with E-state index in [1.54, 1.807) is 44.2 Å². The molecule has 292 valence electrons. The maximum absolute atomic E-state index is 14.0. The van der Waals surface area contributed by atoms with Crippen LogP contribution in [0.3, 0.4) is 0 Å². The van der Waals surface area contributed by atoms with Crippen molar-refractivity contribution in [3.63, 3.8) is 0 Å². The van der Waals surface area contributed by atoms with E-state index in [1.807, 2.05) is 13.8 Å². The normalized spacial score (nSPS) is 13.4. The Morgan fingerprint density at radius 1 is 1.05 bits per heavy atom. The van der Waals surface area contributed by atoms with Crippen molar-refractivity contribution in [3.05, 3.63) is 93.5 Å². The highest BCUT2D eigenvalue weighted by molar-refractivity contribution is 7.47. The van der Waals surface area contributed by atoms with Crippen LogP contribution >= 0.6 is 19.2 Å². The van der Waals surface area contributed by atoms with Gasteiger partial charge in [-0.05, 0) is 43.9 Å². The molecular weight excluding hydrogens is 764 g/mol. The summed E-state index contributed by atoms with van der Waals surface area (Å²) in [5.41, 5.74) is -0.930. The average molecular weight is 803 g/mol. The number of nitrogens with zero attached hydrogens (tertiary/aromatic N) is 4. The number of rotatable bonds is 15. The molecule has 0 spiro atoms. The van der Waals surface area contributed by atoms with Crippen LogP contribution in [0, 0.1) is 5.92 Å². The number of hydrogen-bond donors (Lipinski definition) is 3. The van der Waals surface area contributed by atoms with E-state index in [-0.39, 0.29) is 69.9 Å². The Kier molecular flexibility index (Phi) is 13.2. The summed E-state index contributed by atoms with van der Waals surface area (Å²) in [5, 5.41) is 5.80. The van der Waals surface area contributed by atoms with E-state index in [9.17, 15) is 37.0 Å². The zero-order valence-electron chi connectivity index (χ0n) is 30.1. The molecule has 2 atom stereocenters. The molecule has 0 aliphatic rings. The maximum Gasteiger partial charge on any atom is 0.472 e. The predicted octanol–water partition coefficient (Wildman–Crippen LogP) is 7.84. The highest BCUT2D eigenvalue weighted by Crippen LogP contribution is 2.45.